The number of anilines is 1. The van der Waals surface area contributed by atoms with Gasteiger partial charge in [-0.05, 0) is 13.3 Å². The van der Waals surface area contributed by atoms with Crippen molar-refractivity contribution in [2.75, 3.05) is 5.32 Å². The maximum Gasteiger partial charge on any atom is 0.339 e. The molecule has 0 aliphatic carbocycles. The van der Waals surface area contributed by atoms with E-state index in [2.05, 4.69) is 10.3 Å². The number of carbonyl (C=O) groups excluding carboxylic acids is 1. The summed E-state index contributed by atoms with van der Waals surface area (Å²) in [6, 6.07) is 0. The first-order valence-electron chi connectivity index (χ1n) is 5.52. The molecule has 3 N–H and O–H groups in total. The zero-order chi connectivity index (χ0) is 13.2. The molecule has 5 nitrogen and oxygen atoms in total. The number of aryl methyl sites for hydroxylation is 1. The van der Waals surface area contributed by atoms with E-state index in [0.29, 0.717) is 17.8 Å². The van der Waals surface area contributed by atoms with E-state index in [9.17, 15) is 9.59 Å². The Bertz CT molecular complexity index is 447. The van der Waals surface area contributed by atoms with Crippen LogP contribution in [-0.2, 0) is 4.79 Å². The van der Waals surface area contributed by atoms with Crippen LogP contribution < -0.4 is 5.32 Å². The van der Waals surface area contributed by atoms with Crippen molar-refractivity contribution < 1.29 is 14.7 Å². The average molecular weight is 238 g/mol. The number of aromatic carboxylic acids is 1. The molecule has 1 rings (SSSR count). The third kappa shape index (κ3) is 2.67. The van der Waals surface area contributed by atoms with Crippen LogP contribution in [0.15, 0.2) is 6.20 Å². The quantitative estimate of drug-likeness (QED) is 0.753. The van der Waals surface area contributed by atoms with Crippen molar-refractivity contribution in [1.82, 2.24) is 4.98 Å². The van der Waals surface area contributed by atoms with E-state index in [1.165, 1.54) is 6.20 Å². The highest BCUT2D eigenvalue weighted by molar-refractivity contribution is 6.02. The fraction of sp³-hybridized carbons (Fsp3) is 0.500. The summed E-state index contributed by atoms with van der Waals surface area (Å²) >= 11 is 0. The summed E-state index contributed by atoms with van der Waals surface area (Å²) in [6.45, 7) is 7.22. The third-order valence-electron chi connectivity index (χ3n) is 3.04. The lowest BCUT2D eigenvalue weighted by Gasteiger charge is -2.21. The van der Waals surface area contributed by atoms with Gasteiger partial charge >= 0.3 is 5.97 Å². The molecule has 0 radical (unpaired) electrons. The summed E-state index contributed by atoms with van der Waals surface area (Å²) in [6.07, 6.45) is 2.19. The second kappa shape index (κ2) is 4.61. The second-order valence-corrected chi connectivity index (χ2v) is 4.70. The minimum absolute atomic E-state index is 0.116. The topological polar surface area (TPSA) is 82.2 Å². The molecule has 0 aromatic carbocycles. The molecule has 0 unspecified atom stereocenters. The molecule has 0 bridgehead atoms. The Morgan fingerprint density at radius 2 is 2.06 bits per heavy atom. The predicted molar refractivity (Wildman–Crippen MR) is 65.2 cm³/mol. The van der Waals surface area contributed by atoms with E-state index >= 15 is 0 Å². The normalized spacial score (nSPS) is 11.3. The number of rotatable bonds is 4. The first-order valence-corrected chi connectivity index (χ1v) is 5.52. The van der Waals surface area contributed by atoms with Crippen molar-refractivity contribution in [3.8, 4) is 0 Å². The molecule has 17 heavy (non-hydrogen) atoms. The molecule has 1 aromatic heterocycles. The highest BCUT2D eigenvalue weighted by Gasteiger charge is 2.27. The summed E-state index contributed by atoms with van der Waals surface area (Å²) < 4.78 is 0. The van der Waals surface area contributed by atoms with Gasteiger partial charge in [0.15, 0.2) is 0 Å². The Morgan fingerprint density at radius 3 is 2.53 bits per heavy atom. The zero-order valence-electron chi connectivity index (χ0n) is 10.5. The van der Waals surface area contributed by atoms with Crippen LogP contribution >= 0.6 is 0 Å². The molecule has 0 saturated carbocycles. The van der Waals surface area contributed by atoms with E-state index < -0.39 is 11.4 Å². The summed E-state index contributed by atoms with van der Waals surface area (Å²) in [5.41, 5.74) is 0.454. The lowest BCUT2D eigenvalue weighted by molar-refractivity contribution is -0.124. The molecule has 0 fully saturated rings. The fourth-order valence-corrected chi connectivity index (χ4v) is 1.35. The maximum atomic E-state index is 11.9. The van der Waals surface area contributed by atoms with E-state index in [1.54, 1.807) is 6.92 Å². The van der Waals surface area contributed by atoms with Crippen molar-refractivity contribution >= 4 is 17.6 Å². The number of H-pyrrole nitrogens is 1. The second-order valence-electron chi connectivity index (χ2n) is 4.70. The predicted octanol–water partition coefficient (Wildman–Crippen LogP) is 2.40. The van der Waals surface area contributed by atoms with Crippen LogP contribution in [0.25, 0.3) is 0 Å². The molecule has 1 amide bonds. The average Bonchev–Trinajstić information content (AvgIpc) is 2.59. The van der Waals surface area contributed by atoms with Gasteiger partial charge in [0.05, 0.1) is 5.69 Å². The number of hydrogen-bond donors (Lipinski definition) is 3. The van der Waals surface area contributed by atoms with Crippen LogP contribution in [0.3, 0.4) is 0 Å². The molecular formula is C12H18N2O3. The van der Waals surface area contributed by atoms with Gasteiger partial charge in [0.25, 0.3) is 0 Å². The SMILES string of the molecule is CCC(C)(C)C(=O)Nc1c[nH]c(C)c1C(=O)O. The molecule has 0 atom stereocenters. The minimum atomic E-state index is -1.05. The van der Waals surface area contributed by atoms with Crippen LogP contribution in [0.1, 0.15) is 43.2 Å². The lowest BCUT2D eigenvalue weighted by Crippen LogP contribution is -2.30. The standard InChI is InChI=1S/C12H18N2O3/c1-5-12(3,4)11(17)14-8-6-13-7(2)9(8)10(15)16/h6,13H,5H2,1-4H3,(H,14,17)(H,15,16). The number of hydrogen-bond acceptors (Lipinski definition) is 2. The van der Waals surface area contributed by atoms with E-state index in [0.717, 1.165) is 0 Å². The zero-order valence-corrected chi connectivity index (χ0v) is 10.5. The molecule has 0 saturated heterocycles. The number of amides is 1. The van der Waals surface area contributed by atoms with E-state index in [1.807, 2.05) is 20.8 Å². The number of aromatic amines is 1. The highest BCUT2D eigenvalue weighted by Crippen LogP contribution is 2.25. The lowest BCUT2D eigenvalue weighted by atomic mass is 9.89. The van der Waals surface area contributed by atoms with Crippen LogP contribution in [-0.4, -0.2) is 22.0 Å². The molecule has 0 aliphatic rings. The highest BCUT2D eigenvalue weighted by atomic mass is 16.4. The largest absolute Gasteiger partial charge is 0.478 e. The van der Waals surface area contributed by atoms with Crippen molar-refractivity contribution in [1.29, 1.82) is 0 Å². The Morgan fingerprint density at radius 1 is 1.47 bits per heavy atom. The Labute approximate surface area is 100 Å². The number of carboxylic acid groups (broad SMARTS) is 1. The monoisotopic (exact) mass is 238 g/mol. The van der Waals surface area contributed by atoms with Crippen molar-refractivity contribution in [2.45, 2.75) is 34.1 Å². The van der Waals surface area contributed by atoms with Crippen LogP contribution in [0.4, 0.5) is 5.69 Å². The minimum Gasteiger partial charge on any atom is -0.478 e. The van der Waals surface area contributed by atoms with Crippen LogP contribution in [0.5, 0.6) is 0 Å². The maximum absolute atomic E-state index is 11.9. The Kier molecular flexibility index (Phi) is 3.60. The van der Waals surface area contributed by atoms with E-state index in [-0.39, 0.29) is 11.5 Å². The number of carbonyl (C=O) groups is 2. The van der Waals surface area contributed by atoms with Gasteiger partial charge in [-0.3, -0.25) is 4.79 Å². The molecule has 94 valence electrons. The van der Waals surface area contributed by atoms with Gasteiger partial charge in [-0.2, -0.15) is 0 Å². The molecular weight excluding hydrogens is 220 g/mol. The number of nitrogens with one attached hydrogen (secondary N) is 2. The van der Waals surface area contributed by atoms with Gasteiger partial charge in [-0.1, -0.05) is 20.8 Å². The molecule has 0 aliphatic heterocycles. The fourth-order valence-electron chi connectivity index (χ4n) is 1.35. The van der Waals surface area contributed by atoms with Gasteiger partial charge in [0.2, 0.25) is 5.91 Å². The van der Waals surface area contributed by atoms with Crippen LogP contribution in [0, 0.1) is 12.3 Å². The Balaban J connectivity index is 2.97. The molecule has 0 spiro atoms. The van der Waals surface area contributed by atoms with Crippen molar-refractivity contribution in [3.05, 3.63) is 17.5 Å². The number of carboxylic acids is 1. The van der Waals surface area contributed by atoms with Gasteiger partial charge in [0, 0.05) is 17.3 Å². The summed E-state index contributed by atoms with van der Waals surface area (Å²) in [7, 11) is 0. The molecule has 1 aromatic rings. The van der Waals surface area contributed by atoms with E-state index in [4.69, 9.17) is 5.11 Å². The van der Waals surface area contributed by atoms with Gasteiger partial charge in [0.1, 0.15) is 5.56 Å². The molecule has 1 heterocycles. The first kappa shape index (κ1) is 13.3. The van der Waals surface area contributed by atoms with Crippen molar-refractivity contribution in [2.24, 2.45) is 5.41 Å². The Hall–Kier alpha value is -1.78. The third-order valence-corrected chi connectivity index (χ3v) is 3.04. The first-order chi connectivity index (χ1) is 7.79. The number of aromatic nitrogens is 1. The summed E-state index contributed by atoms with van der Waals surface area (Å²) in [4.78, 5) is 25.8. The summed E-state index contributed by atoms with van der Waals surface area (Å²) in [5, 5.41) is 11.7. The van der Waals surface area contributed by atoms with Crippen molar-refractivity contribution in [3.63, 3.8) is 0 Å². The van der Waals surface area contributed by atoms with Gasteiger partial charge < -0.3 is 15.4 Å². The summed E-state index contributed by atoms with van der Waals surface area (Å²) in [5.74, 6) is -1.23. The van der Waals surface area contributed by atoms with Gasteiger partial charge in [-0.15, -0.1) is 0 Å². The van der Waals surface area contributed by atoms with Crippen LogP contribution in [0.2, 0.25) is 0 Å². The molecule has 5 heteroatoms. The van der Waals surface area contributed by atoms with Gasteiger partial charge in [-0.25, -0.2) is 4.79 Å². The smallest absolute Gasteiger partial charge is 0.339 e.